The maximum atomic E-state index is 11.9. The number of pyridine rings is 1. The van der Waals surface area contributed by atoms with Gasteiger partial charge in [0.05, 0.1) is 11.1 Å². The van der Waals surface area contributed by atoms with Gasteiger partial charge < -0.3 is 10.4 Å². The molecule has 0 aliphatic carbocycles. The minimum Gasteiger partial charge on any atom is -0.478 e. The van der Waals surface area contributed by atoms with Crippen LogP contribution in [0.1, 0.15) is 20.7 Å². The molecular formula is C11H7ClN2O3S. The second-order valence-corrected chi connectivity index (χ2v) is 4.54. The van der Waals surface area contributed by atoms with Gasteiger partial charge in [-0.25, -0.2) is 9.78 Å². The summed E-state index contributed by atoms with van der Waals surface area (Å²) >= 11 is 6.91. The predicted molar refractivity (Wildman–Crippen MR) is 68.5 cm³/mol. The Balaban J connectivity index is 2.25. The first kappa shape index (κ1) is 12.5. The van der Waals surface area contributed by atoms with Crippen molar-refractivity contribution in [3.63, 3.8) is 0 Å². The Kier molecular flexibility index (Phi) is 3.59. The van der Waals surface area contributed by atoms with Crippen LogP contribution in [0.5, 0.6) is 0 Å². The number of aromatic nitrogens is 1. The zero-order valence-electron chi connectivity index (χ0n) is 8.88. The minimum absolute atomic E-state index is 0.0494. The minimum atomic E-state index is -1.09. The number of hydrogen-bond donors (Lipinski definition) is 2. The second-order valence-electron chi connectivity index (χ2n) is 3.26. The molecule has 5 nitrogen and oxygen atoms in total. The first-order chi connectivity index (χ1) is 8.59. The summed E-state index contributed by atoms with van der Waals surface area (Å²) in [6, 6.07) is 4.51. The van der Waals surface area contributed by atoms with Gasteiger partial charge in [0, 0.05) is 6.20 Å². The van der Waals surface area contributed by atoms with Crippen LogP contribution in [0, 0.1) is 0 Å². The van der Waals surface area contributed by atoms with Gasteiger partial charge in [0.2, 0.25) is 0 Å². The summed E-state index contributed by atoms with van der Waals surface area (Å²) in [6.45, 7) is 0. The summed E-state index contributed by atoms with van der Waals surface area (Å²) in [5.41, 5.74) is 0.247. The molecule has 2 rings (SSSR count). The topological polar surface area (TPSA) is 79.3 Å². The molecule has 0 saturated heterocycles. The molecule has 0 aliphatic heterocycles. The number of anilines is 1. The van der Waals surface area contributed by atoms with Gasteiger partial charge in [0.25, 0.3) is 5.91 Å². The number of amides is 1. The number of thiophene rings is 1. The molecule has 0 saturated carbocycles. The highest BCUT2D eigenvalue weighted by Gasteiger charge is 2.16. The van der Waals surface area contributed by atoms with E-state index in [1.165, 1.54) is 18.3 Å². The van der Waals surface area contributed by atoms with Gasteiger partial charge in [-0.2, -0.15) is 0 Å². The molecule has 0 spiro atoms. The number of carboxylic acids is 1. The fraction of sp³-hybridized carbons (Fsp3) is 0. The molecule has 2 aromatic rings. The lowest BCUT2D eigenvalue weighted by atomic mass is 10.2. The quantitative estimate of drug-likeness (QED) is 0.849. The molecule has 0 atom stereocenters. The zero-order valence-corrected chi connectivity index (χ0v) is 10.5. The number of hydrogen-bond acceptors (Lipinski definition) is 4. The number of carbonyl (C=O) groups is 2. The maximum absolute atomic E-state index is 11.9. The van der Waals surface area contributed by atoms with Crippen LogP contribution in [0.15, 0.2) is 29.8 Å². The normalized spacial score (nSPS) is 10.1. The van der Waals surface area contributed by atoms with E-state index in [0.29, 0.717) is 0 Å². The number of nitrogens with zero attached hydrogens (tertiary/aromatic N) is 1. The molecule has 18 heavy (non-hydrogen) atoms. The Labute approximate surface area is 111 Å². The Morgan fingerprint density at radius 1 is 1.33 bits per heavy atom. The summed E-state index contributed by atoms with van der Waals surface area (Å²) in [6.07, 6.45) is 1.47. The second kappa shape index (κ2) is 5.16. The van der Waals surface area contributed by atoms with E-state index in [2.05, 4.69) is 10.3 Å². The van der Waals surface area contributed by atoms with Gasteiger partial charge in [0.1, 0.15) is 10.2 Å². The fourth-order valence-corrected chi connectivity index (χ4v) is 2.28. The molecule has 0 bridgehead atoms. The summed E-state index contributed by atoms with van der Waals surface area (Å²) in [5, 5.41) is 13.3. The van der Waals surface area contributed by atoms with Crippen LogP contribution >= 0.6 is 22.9 Å². The molecule has 0 fully saturated rings. The van der Waals surface area contributed by atoms with Crippen molar-refractivity contribution in [3.05, 3.63) is 46.1 Å². The average molecular weight is 283 g/mol. The zero-order chi connectivity index (χ0) is 13.1. The monoisotopic (exact) mass is 282 g/mol. The molecule has 0 unspecified atom stereocenters. The highest BCUT2D eigenvalue weighted by atomic mass is 35.5. The van der Waals surface area contributed by atoms with Crippen molar-refractivity contribution in [1.29, 1.82) is 0 Å². The summed E-state index contributed by atoms with van der Waals surface area (Å²) < 4.78 is 0. The van der Waals surface area contributed by atoms with Crippen molar-refractivity contribution in [2.24, 2.45) is 0 Å². The van der Waals surface area contributed by atoms with Gasteiger partial charge in [-0.15, -0.1) is 11.3 Å². The molecule has 7 heteroatoms. The van der Waals surface area contributed by atoms with Crippen molar-refractivity contribution >= 4 is 39.8 Å². The van der Waals surface area contributed by atoms with Gasteiger partial charge in [-0.05, 0) is 23.6 Å². The Hall–Kier alpha value is -1.92. The van der Waals surface area contributed by atoms with Crippen LogP contribution in [-0.4, -0.2) is 22.0 Å². The van der Waals surface area contributed by atoms with Crippen LogP contribution in [0.25, 0.3) is 0 Å². The van der Waals surface area contributed by atoms with E-state index in [9.17, 15) is 9.59 Å². The number of aromatic carboxylic acids is 1. The summed E-state index contributed by atoms with van der Waals surface area (Å²) in [7, 11) is 0. The molecule has 1 amide bonds. The molecule has 2 N–H and O–H groups in total. The highest BCUT2D eigenvalue weighted by molar-refractivity contribution is 7.14. The Morgan fingerprint density at radius 2 is 2.11 bits per heavy atom. The lowest BCUT2D eigenvalue weighted by Crippen LogP contribution is -2.14. The van der Waals surface area contributed by atoms with E-state index in [-0.39, 0.29) is 21.3 Å². The van der Waals surface area contributed by atoms with Crippen LogP contribution in [0.4, 0.5) is 5.00 Å². The van der Waals surface area contributed by atoms with E-state index in [1.807, 2.05) is 0 Å². The predicted octanol–water partition coefficient (Wildman–Crippen LogP) is 2.75. The summed E-state index contributed by atoms with van der Waals surface area (Å²) in [4.78, 5) is 26.5. The molecular weight excluding hydrogens is 276 g/mol. The molecule has 2 aromatic heterocycles. The van der Waals surface area contributed by atoms with Crippen LogP contribution < -0.4 is 5.32 Å². The van der Waals surface area contributed by atoms with Crippen molar-refractivity contribution < 1.29 is 14.7 Å². The Morgan fingerprint density at radius 3 is 2.78 bits per heavy atom. The van der Waals surface area contributed by atoms with E-state index >= 15 is 0 Å². The van der Waals surface area contributed by atoms with Gasteiger partial charge in [0.15, 0.2) is 0 Å². The SMILES string of the molecule is O=C(Nc1sccc1C(=O)O)c1cccnc1Cl. The first-order valence-electron chi connectivity index (χ1n) is 4.82. The molecule has 92 valence electrons. The lowest BCUT2D eigenvalue weighted by molar-refractivity contribution is 0.0698. The lowest BCUT2D eigenvalue weighted by Gasteiger charge is -2.04. The Bertz CT molecular complexity index is 612. The van der Waals surface area contributed by atoms with Gasteiger partial charge >= 0.3 is 5.97 Å². The first-order valence-corrected chi connectivity index (χ1v) is 6.08. The number of carboxylic acid groups (broad SMARTS) is 1. The van der Waals surface area contributed by atoms with Crippen LogP contribution in [0.2, 0.25) is 5.15 Å². The van der Waals surface area contributed by atoms with E-state index in [1.54, 1.807) is 11.4 Å². The number of rotatable bonds is 3. The third kappa shape index (κ3) is 2.49. The van der Waals surface area contributed by atoms with E-state index in [0.717, 1.165) is 11.3 Å². The number of halogens is 1. The van der Waals surface area contributed by atoms with Crippen molar-refractivity contribution in [2.75, 3.05) is 5.32 Å². The summed E-state index contributed by atoms with van der Waals surface area (Å²) in [5.74, 6) is -1.58. The van der Waals surface area contributed by atoms with Gasteiger partial charge in [-0.1, -0.05) is 11.6 Å². The van der Waals surface area contributed by atoms with Crippen molar-refractivity contribution in [3.8, 4) is 0 Å². The van der Waals surface area contributed by atoms with Crippen molar-refractivity contribution in [1.82, 2.24) is 4.98 Å². The van der Waals surface area contributed by atoms with E-state index in [4.69, 9.17) is 16.7 Å². The van der Waals surface area contributed by atoms with Crippen molar-refractivity contribution in [2.45, 2.75) is 0 Å². The average Bonchev–Trinajstić information content (AvgIpc) is 2.77. The molecule has 0 aromatic carbocycles. The third-order valence-electron chi connectivity index (χ3n) is 2.13. The van der Waals surface area contributed by atoms with Crippen LogP contribution in [0.3, 0.4) is 0 Å². The van der Waals surface area contributed by atoms with E-state index < -0.39 is 11.9 Å². The molecule has 2 heterocycles. The largest absolute Gasteiger partial charge is 0.478 e. The standard InChI is InChI=1S/C11H7ClN2O3S/c12-8-6(2-1-4-13-8)9(15)14-10-7(11(16)17)3-5-18-10/h1-5H,(H,14,15)(H,16,17). The molecule has 0 radical (unpaired) electrons. The maximum Gasteiger partial charge on any atom is 0.338 e. The van der Waals surface area contributed by atoms with Crippen LogP contribution in [-0.2, 0) is 0 Å². The fourth-order valence-electron chi connectivity index (χ4n) is 1.30. The van der Waals surface area contributed by atoms with Gasteiger partial charge in [-0.3, -0.25) is 4.79 Å². The number of nitrogens with one attached hydrogen (secondary N) is 1. The number of carbonyl (C=O) groups excluding carboxylic acids is 1. The molecule has 0 aliphatic rings. The highest BCUT2D eigenvalue weighted by Crippen LogP contribution is 2.24. The smallest absolute Gasteiger partial charge is 0.338 e. The third-order valence-corrected chi connectivity index (χ3v) is 3.26.